The molecule has 2 aromatic rings. The molecule has 3 rings (SSSR count). The Balaban J connectivity index is 1.60. The van der Waals surface area contributed by atoms with E-state index in [-0.39, 0.29) is 5.91 Å². The van der Waals surface area contributed by atoms with E-state index in [1.165, 1.54) is 24.6 Å². The first-order chi connectivity index (χ1) is 10.7. The third-order valence-electron chi connectivity index (χ3n) is 3.75. The number of benzene rings is 2. The summed E-state index contributed by atoms with van der Waals surface area (Å²) in [7, 11) is 0. The summed E-state index contributed by atoms with van der Waals surface area (Å²) in [5, 5.41) is 5.18. The third-order valence-corrected chi connectivity index (χ3v) is 5.28. The maximum absolute atomic E-state index is 12.2. The number of nitrogens with one attached hydrogen (secondary N) is 1. The zero-order valence-electron chi connectivity index (χ0n) is 12.2. The van der Waals surface area contributed by atoms with E-state index < -0.39 is 0 Å². The fraction of sp³-hybridized carbons (Fsp3) is 0.294. The summed E-state index contributed by atoms with van der Waals surface area (Å²) in [6.45, 7) is 2.05. The fourth-order valence-electron chi connectivity index (χ4n) is 2.64. The highest BCUT2D eigenvalue weighted by molar-refractivity contribution is 8.23. The van der Waals surface area contributed by atoms with Gasteiger partial charge in [-0.1, -0.05) is 60.4 Å². The zero-order valence-corrected chi connectivity index (χ0v) is 13.9. The molecule has 1 aliphatic rings. The quantitative estimate of drug-likeness (QED) is 0.865. The Hall–Kier alpha value is -1.59. The molecule has 1 aliphatic heterocycles. The van der Waals surface area contributed by atoms with E-state index in [4.69, 9.17) is 12.2 Å². The Morgan fingerprint density at radius 1 is 1.14 bits per heavy atom. The van der Waals surface area contributed by atoms with Crippen molar-refractivity contribution < 1.29 is 4.79 Å². The number of carbonyl (C=O) groups excluding carboxylic acids is 1. The average molecular weight is 330 g/mol. The maximum Gasteiger partial charge on any atom is 0.234 e. The van der Waals surface area contributed by atoms with E-state index in [2.05, 4.69) is 10.2 Å². The lowest BCUT2D eigenvalue weighted by atomic mass is 10.1. The molecule has 22 heavy (non-hydrogen) atoms. The van der Waals surface area contributed by atoms with Gasteiger partial charge in [0, 0.05) is 24.2 Å². The first-order valence-corrected chi connectivity index (χ1v) is 8.83. The van der Waals surface area contributed by atoms with Crippen LogP contribution in [-0.2, 0) is 4.79 Å². The molecule has 1 N–H and O–H groups in total. The molecule has 0 unspecified atom stereocenters. The number of hydrogen-bond donors (Lipinski definition) is 1. The monoisotopic (exact) mass is 330 g/mol. The van der Waals surface area contributed by atoms with Gasteiger partial charge in [0.15, 0.2) is 0 Å². The predicted molar refractivity (Wildman–Crippen MR) is 98.4 cm³/mol. The zero-order chi connectivity index (χ0) is 15.4. The number of rotatable bonds is 3. The van der Waals surface area contributed by atoms with Crippen molar-refractivity contribution in [3.63, 3.8) is 0 Å². The van der Waals surface area contributed by atoms with Crippen molar-refractivity contribution in [1.29, 1.82) is 0 Å². The second-order valence-electron chi connectivity index (χ2n) is 5.32. The first-order valence-electron chi connectivity index (χ1n) is 7.43. The lowest BCUT2D eigenvalue weighted by Gasteiger charge is -2.17. The smallest absolute Gasteiger partial charge is 0.234 e. The molecule has 3 nitrogen and oxygen atoms in total. The van der Waals surface area contributed by atoms with E-state index >= 15 is 0 Å². The molecule has 5 heteroatoms. The SMILES string of the molecule is O=C(CSC(=S)N1CCCC1)Nc1cccc2ccccc12. The van der Waals surface area contributed by atoms with Gasteiger partial charge in [0.25, 0.3) is 0 Å². The molecule has 2 aromatic carbocycles. The Labute approximate surface area is 140 Å². The van der Waals surface area contributed by atoms with Gasteiger partial charge in [-0.25, -0.2) is 0 Å². The molecule has 1 heterocycles. The van der Waals surface area contributed by atoms with Crippen molar-refractivity contribution in [3.8, 4) is 0 Å². The average Bonchev–Trinajstić information content (AvgIpc) is 3.07. The van der Waals surface area contributed by atoms with Crippen molar-refractivity contribution in [2.45, 2.75) is 12.8 Å². The Morgan fingerprint density at radius 3 is 2.68 bits per heavy atom. The van der Waals surface area contributed by atoms with Gasteiger partial charge in [-0.3, -0.25) is 4.79 Å². The molecule has 0 radical (unpaired) electrons. The normalized spacial score (nSPS) is 14.3. The number of carbonyl (C=O) groups is 1. The summed E-state index contributed by atoms with van der Waals surface area (Å²) in [4.78, 5) is 14.4. The van der Waals surface area contributed by atoms with Gasteiger partial charge < -0.3 is 10.2 Å². The first kappa shape index (κ1) is 15.3. The van der Waals surface area contributed by atoms with Gasteiger partial charge in [0.1, 0.15) is 4.32 Å². The van der Waals surface area contributed by atoms with Crippen LogP contribution >= 0.6 is 24.0 Å². The molecule has 0 atom stereocenters. The molecule has 1 saturated heterocycles. The summed E-state index contributed by atoms with van der Waals surface area (Å²) < 4.78 is 0.838. The largest absolute Gasteiger partial charge is 0.358 e. The van der Waals surface area contributed by atoms with E-state index in [0.29, 0.717) is 5.75 Å². The van der Waals surface area contributed by atoms with Gasteiger partial charge in [-0.05, 0) is 24.3 Å². The Bertz CT molecular complexity index is 691. The van der Waals surface area contributed by atoms with Gasteiger partial charge in [0.05, 0.1) is 5.75 Å². The van der Waals surface area contributed by atoms with Crippen molar-refractivity contribution in [2.24, 2.45) is 0 Å². The van der Waals surface area contributed by atoms with Gasteiger partial charge in [-0.2, -0.15) is 0 Å². The summed E-state index contributed by atoms with van der Waals surface area (Å²) in [5.41, 5.74) is 0.857. The minimum absolute atomic E-state index is 0.0112. The van der Waals surface area contributed by atoms with Gasteiger partial charge in [-0.15, -0.1) is 0 Å². The highest BCUT2D eigenvalue weighted by atomic mass is 32.2. The number of likely N-dealkylation sites (tertiary alicyclic amines) is 1. The summed E-state index contributed by atoms with van der Waals surface area (Å²) >= 11 is 6.83. The lowest BCUT2D eigenvalue weighted by molar-refractivity contribution is -0.113. The predicted octanol–water partition coefficient (Wildman–Crippen LogP) is 3.89. The van der Waals surface area contributed by atoms with Gasteiger partial charge >= 0.3 is 0 Å². The number of fused-ring (bicyclic) bond motifs is 1. The number of anilines is 1. The van der Waals surface area contributed by atoms with Crippen LogP contribution in [0.4, 0.5) is 5.69 Å². The highest BCUT2D eigenvalue weighted by Gasteiger charge is 2.16. The molecule has 0 saturated carbocycles. The summed E-state index contributed by atoms with van der Waals surface area (Å²) in [6.07, 6.45) is 2.39. The minimum atomic E-state index is -0.0112. The second-order valence-corrected chi connectivity index (χ2v) is 6.93. The van der Waals surface area contributed by atoms with Crippen LogP contribution in [0.25, 0.3) is 10.8 Å². The molecule has 1 amide bonds. The van der Waals surface area contributed by atoms with Crippen LogP contribution in [0.15, 0.2) is 42.5 Å². The standard InChI is InChI=1S/C17H18N2OS2/c20-16(12-22-17(21)19-10-3-4-11-19)18-15-9-5-7-13-6-1-2-8-14(13)15/h1-2,5-9H,3-4,10-12H2,(H,18,20). The second kappa shape index (κ2) is 7.11. The molecule has 114 valence electrons. The van der Waals surface area contributed by atoms with Crippen molar-refractivity contribution in [2.75, 3.05) is 24.2 Å². The number of amides is 1. The topological polar surface area (TPSA) is 32.3 Å². The summed E-state index contributed by atoms with van der Waals surface area (Å²) in [6, 6.07) is 14.0. The van der Waals surface area contributed by atoms with Crippen LogP contribution in [0.3, 0.4) is 0 Å². The molecular formula is C17H18N2OS2. The lowest BCUT2D eigenvalue weighted by Crippen LogP contribution is -2.25. The highest BCUT2D eigenvalue weighted by Crippen LogP contribution is 2.23. The Kier molecular flexibility index (Phi) is 4.95. The van der Waals surface area contributed by atoms with Crippen LogP contribution in [0.2, 0.25) is 0 Å². The minimum Gasteiger partial charge on any atom is -0.358 e. The van der Waals surface area contributed by atoms with E-state index in [1.54, 1.807) is 0 Å². The number of thioether (sulfide) groups is 1. The van der Waals surface area contributed by atoms with Crippen molar-refractivity contribution >= 4 is 50.7 Å². The van der Waals surface area contributed by atoms with Crippen LogP contribution in [0, 0.1) is 0 Å². The number of thiocarbonyl (C=S) groups is 1. The molecule has 0 spiro atoms. The van der Waals surface area contributed by atoms with Crippen LogP contribution in [-0.4, -0.2) is 34.0 Å². The fourth-order valence-corrected chi connectivity index (χ4v) is 3.69. The third kappa shape index (κ3) is 3.59. The van der Waals surface area contributed by atoms with Crippen LogP contribution < -0.4 is 5.32 Å². The molecule has 0 bridgehead atoms. The molecule has 1 fully saturated rings. The van der Waals surface area contributed by atoms with E-state index in [1.807, 2.05) is 42.5 Å². The Morgan fingerprint density at radius 2 is 1.86 bits per heavy atom. The van der Waals surface area contributed by atoms with E-state index in [9.17, 15) is 4.79 Å². The van der Waals surface area contributed by atoms with Crippen LogP contribution in [0.1, 0.15) is 12.8 Å². The molecular weight excluding hydrogens is 312 g/mol. The number of nitrogens with zero attached hydrogens (tertiary/aromatic N) is 1. The van der Waals surface area contributed by atoms with Crippen LogP contribution in [0.5, 0.6) is 0 Å². The van der Waals surface area contributed by atoms with Crippen molar-refractivity contribution in [1.82, 2.24) is 4.90 Å². The molecule has 0 aliphatic carbocycles. The maximum atomic E-state index is 12.2. The van der Waals surface area contributed by atoms with Crippen molar-refractivity contribution in [3.05, 3.63) is 42.5 Å². The number of hydrogen-bond acceptors (Lipinski definition) is 3. The van der Waals surface area contributed by atoms with Gasteiger partial charge in [0.2, 0.25) is 5.91 Å². The molecule has 0 aromatic heterocycles. The van der Waals surface area contributed by atoms with E-state index in [0.717, 1.165) is 33.9 Å². The summed E-state index contributed by atoms with van der Waals surface area (Å²) in [5.74, 6) is 0.348.